The van der Waals surface area contributed by atoms with E-state index in [1.54, 1.807) is 22.5 Å². The summed E-state index contributed by atoms with van der Waals surface area (Å²) in [5.41, 5.74) is 1.60. The number of nitrogens with one attached hydrogen (secondary N) is 1. The van der Waals surface area contributed by atoms with Crippen molar-refractivity contribution >= 4 is 21.6 Å². The Kier molecular flexibility index (Phi) is 4.06. The van der Waals surface area contributed by atoms with Gasteiger partial charge in [-0.2, -0.15) is 4.31 Å². The average Bonchev–Trinajstić information content (AvgIpc) is 3.11. The van der Waals surface area contributed by atoms with Crippen molar-refractivity contribution in [2.75, 3.05) is 6.54 Å². The van der Waals surface area contributed by atoms with E-state index < -0.39 is 10.0 Å². The third-order valence-electron chi connectivity index (χ3n) is 3.84. The second-order valence-electron chi connectivity index (χ2n) is 5.24. The first-order chi connectivity index (χ1) is 10.1. The van der Waals surface area contributed by atoms with Gasteiger partial charge in [0.1, 0.15) is 0 Å². The van der Waals surface area contributed by atoms with Crippen LogP contribution in [-0.2, 0) is 15.8 Å². The lowest BCUT2D eigenvalue weighted by molar-refractivity contribution is 0.391. The maximum Gasteiger partial charge on any atom is 0.218 e. The molecule has 1 aliphatic heterocycles. The van der Waals surface area contributed by atoms with Crippen LogP contribution in [0, 0.1) is 0 Å². The molecule has 0 aliphatic carbocycles. The molecule has 0 unspecified atom stereocenters. The van der Waals surface area contributed by atoms with Gasteiger partial charge >= 0.3 is 0 Å². The smallest absolute Gasteiger partial charge is 0.218 e. The number of aromatic nitrogens is 1. The Morgan fingerprint density at radius 1 is 1.24 bits per heavy atom. The SMILES string of the molecule is O=S(=O)(Cc1ccccc1Cl)N1CCC[C@@H]1c1ccc[nH]1. The zero-order valence-electron chi connectivity index (χ0n) is 11.5. The zero-order valence-corrected chi connectivity index (χ0v) is 13.1. The molecule has 1 atom stereocenters. The van der Waals surface area contributed by atoms with Crippen molar-refractivity contribution in [3.05, 3.63) is 58.9 Å². The average molecular weight is 325 g/mol. The topological polar surface area (TPSA) is 53.2 Å². The van der Waals surface area contributed by atoms with E-state index in [0.717, 1.165) is 18.5 Å². The van der Waals surface area contributed by atoms with Crippen LogP contribution in [0.4, 0.5) is 0 Å². The van der Waals surface area contributed by atoms with Crippen molar-refractivity contribution in [1.29, 1.82) is 0 Å². The number of halogens is 1. The van der Waals surface area contributed by atoms with E-state index in [1.165, 1.54) is 0 Å². The Bertz CT molecular complexity index is 713. The number of benzene rings is 1. The molecule has 1 saturated heterocycles. The molecule has 0 bridgehead atoms. The van der Waals surface area contributed by atoms with Gasteiger partial charge < -0.3 is 4.98 Å². The van der Waals surface area contributed by atoms with E-state index in [-0.39, 0.29) is 11.8 Å². The standard InChI is InChI=1S/C15H17ClN2O2S/c16-13-6-2-1-5-12(13)11-21(19,20)18-10-4-8-15(18)14-7-3-9-17-14/h1-3,5-7,9,15,17H,4,8,10-11H2/t15-/m1/s1. The van der Waals surface area contributed by atoms with Crippen LogP contribution in [0.15, 0.2) is 42.6 Å². The molecule has 0 spiro atoms. The van der Waals surface area contributed by atoms with Crippen LogP contribution in [0.3, 0.4) is 0 Å². The molecule has 6 heteroatoms. The van der Waals surface area contributed by atoms with Gasteiger partial charge in [-0.1, -0.05) is 29.8 Å². The molecule has 1 aromatic heterocycles. The van der Waals surface area contributed by atoms with Crippen molar-refractivity contribution in [1.82, 2.24) is 9.29 Å². The first-order valence-corrected chi connectivity index (χ1v) is 8.93. The van der Waals surface area contributed by atoms with E-state index in [4.69, 9.17) is 11.6 Å². The predicted octanol–water partition coefficient (Wildman–Crippen LogP) is 3.34. The highest BCUT2D eigenvalue weighted by atomic mass is 35.5. The lowest BCUT2D eigenvalue weighted by Gasteiger charge is -2.23. The van der Waals surface area contributed by atoms with Gasteiger partial charge in [-0.25, -0.2) is 8.42 Å². The molecule has 2 aromatic rings. The van der Waals surface area contributed by atoms with Crippen molar-refractivity contribution < 1.29 is 8.42 Å². The Hall–Kier alpha value is -1.30. The third-order valence-corrected chi connectivity index (χ3v) is 6.03. The first-order valence-electron chi connectivity index (χ1n) is 6.94. The van der Waals surface area contributed by atoms with Gasteiger partial charge in [0, 0.05) is 23.5 Å². The molecule has 0 saturated carbocycles. The largest absolute Gasteiger partial charge is 0.364 e. The van der Waals surface area contributed by atoms with Gasteiger partial charge in [0.2, 0.25) is 10.0 Å². The summed E-state index contributed by atoms with van der Waals surface area (Å²) in [5, 5.41) is 0.497. The summed E-state index contributed by atoms with van der Waals surface area (Å²) >= 11 is 6.08. The summed E-state index contributed by atoms with van der Waals surface area (Å²) in [7, 11) is -3.38. The minimum Gasteiger partial charge on any atom is -0.364 e. The zero-order chi connectivity index (χ0) is 14.9. The lowest BCUT2D eigenvalue weighted by Crippen LogP contribution is -2.32. The second-order valence-corrected chi connectivity index (χ2v) is 7.57. The van der Waals surface area contributed by atoms with E-state index in [0.29, 0.717) is 17.1 Å². The quantitative estimate of drug-likeness (QED) is 0.937. The Labute approximate surface area is 129 Å². The van der Waals surface area contributed by atoms with Crippen molar-refractivity contribution in [3.63, 3.8) is 0 Å². The maximum absolute atomic E-state index is 12.7. The van der Waals surface area contributed by atoms with E-state index >= 15 is 0 Å². The number of hydrogen-bond donors (Lipinski definition) is 1. The minimum absolute atomic E-state index is 0.0517. The minimum atomic E-state index is -3.38. The number of aromatic amines is 1. The lowest BCUT2D eigenvalue weighted by atomic mass is 10.2. The van der Waals surface area contributed by atoms with E-state index in [2.05, 4.69) is 4.98 Å². The Balaban J connectivity index is 1.86. The molecule has 1 aliphatic rings. The van der Waals surface area contributed by atoms with Crippen LogP contribution in [0.2, 0.25) is 5.02 Å². The van der Waals surface area contributed by atoms with Gasteiger partial charge in [0.15, 0.2) is 0 Å². The number of sulfonamides is 1. The molecule has 1 fully saturated rings. The highest BCUT2D eigenvalue weighted by Gasteiger charge is 2.35. The summed E-state index contributed by atoms with van der Waals surface area (Å²) < 4.78 is 27.0. The van der Waals surface area contributed by atoms with Crippen LogP contribution in [0.5, 0.6) is 0 Å². The van der Waals surface area contributed by atoms with E-state index in [9.17, 15) is 8.42 Å². The predicted molar refractivity (Wildman–Crippen MR) is 83.5 cm³/mol. The highest BCUT2D eigenvalue weighted by Crippen LogP contribution is 2.34. The normalized spacial score (nSPS) is 20.0. The number of H-pyrrole nitrogens is 1. The van der Waals surface area contributed by atoms with Gasteiger partial charge in [-0.3, -0.25) is 0 Å². The van der Waals surface area contributed by atoms with E-state index in [1.807, 2.05) is 24.4 Å². The van der Waals surface area contributed by atoms with Crippen molar-refractivity contribution in [3.8, 4) is 0 Å². The number of nitrogens with zero attached hydrogens (tertiary/aromatic N) is 1. The number of rotatable bonds is 4. The fraction of sp³-hybridized carbons (Fsp3) is 0.333. The summed E-state index contributed by atoms with van der Waals surface area (Å²) in [6, 6.07) is 10.8. The molecule has 1 aromatic carbocycles. The summed E-state index contributed by atoms with van der Waals surface area (Å²) in [6.07, 6.45) is 3.56. The number of hydrogen-bond acceptors (Lipinski definition) is 2. The monoisotopic (exact) mass is 324 g/mol. The van der Waals surface area contributed by atoms with Gasteiger partial charge in [0.25, 0.3) is 0 Å². The molecule has 2 heterocycles. The highest BCUT2D eigenvalue weighted by molar-refractivity contribution is 7.88. The molecular weight excluding hydrogens is 308 g/mol. The molecular formula is C15H17ClN2O2S. The van der Waals surface area contributed by atoms with Gasteiger partial charge in [-0.05, 0) is 36.6 Å². The van der Waals surface area contributed by atoms with Crippen LogP contribution >= 0.6 is 11.6 Å². The third kappa shape index (κ3) is 3.00. The fourth-order valence-corrected chi connectivity index (χ4v) is 4.94. The first kappa shape index (κ1) is 14.6. The van der Waals surface area contributed by atoms with Crippen LogP contribution in [-0.4, -0.2) is 24.3 Å². The Morgan fingerprint density at radius 3 is 2.76 bits per heavy atom. The van der Waals surface area contributed by atoms with Gasteiger partial charge in [-0.15, -0.1) is 0 Å². The summed E-state index contributed by atoms with van der Waals surface area (Å²) in [5.74, 6) is -0.0517. The molecule has 21 heavy (non-hydrogen) atoms. The Morgan fingerprint density at radius 2 is 2.05 bits per heavy atom. The van der Waals surface area contributed by atoms with Gasteiger partial charge in [0.05, 0.1) is 11.8 Å². The molecule has 0 amide bonds. The molecule has 3 rings (SSSR count). The molecule has 4 nitrogen and oxygen atoms in total. The maximum atomic E-state index is 12.7. The van der Waals surface area contributed by atoms with Crippen LogP contribution in [0.1, 0.15) is 30.1 Å². The van der Waals surface area contributed by atoms with Crippen LogP contribution < -0.4 is 0 Å². The molecule has 112 valence electrons. The van der Waals surface area contributed by atoms with Crippen LogP contribution in [0.25, 0.3) is 0 Å². The van der Waals surface area contributed by atoms with Crippen molar-refractivity contribution in [2.45, 2.75) is 24.6 Å². The van der Waals surface area contributed by atoms with Crippen molar-refractivity contribution in [2.24, 2.45) is 0 Å². The fourth-order valence-electron chi connectivity index (χ4n) is 2.83. The molecule has 0 radical (unpaired) electrons. The summed E-state index contributed by atoms with van der Waals surface area (Å²) in [6.45, 7) is 0.566. The summed E-state index contributed by atoms with van der Waals surface area (Å²) in [4.78, 5) is 3.12. The second kappa shape index (κ2) is 5.83. The molecule has 1 N–H and O–H groups in total.